The molecule has 1180 valence electrons. The Hall–Kier alpha value is 78.2. The van der Waals surface area contributed by atoms with Crippen LogP contribution in [-0.2, 0) is 2410 Å². The van der Waals surface area contributed by atoms with Crippen molar-refractivity contribution in [3.63, 3.8) is 0 Å². The molecular weight excluding hydrogens is 12600 g/mol. The van der Waals surface area contributed by atoms with Gasteiger partial charge in [-0.05, 0) is 0 Å². The Balaban J connectivity index is 0. The van der Waals surface area contributed by atoms with Crippen molar-refractivity contribution in [1.29, 1.82) is 0 Å². The summed E-state index contributed by atoms with van der Waals surface area (Å²) in [4.78, 5) is 0. The summed E-state index contributed by atoms with van der Waals surface area (Å²) < 4.78 is 0. The summed E-state index contributed by atoms with van der Waals surface area (Å²) in [5.41, 5.74) is 0. The predicted molar refractivity (Wildman–Crippen MR) is 0 cm³/mol. The van der Waals surface area contributed by atoms with Crippen molar-refractivity contribution in [3.05, 3.63) is 0 Å². The summed E-state index contributed by atoms with van der Waals surface area (Å²) in [5, 5.41) is 0. The van der Waals surface area contributed by atoms with Crippen molar-refractivity contribution in [2.24, 2.45) is 0 Å². The molecule has 0 rings (SSSR count). The molecule has 118 heteroatoms. The van der Waals surface area contributed by atoms with Crippen molar-refractivity contribution < 1.29 is 2410 Å². The molecule has 118 heavy (non-hydrogen) atoms. The first kappa shape index (κ1) is 1220. The van der Waals surface area contributed by atoms with Gasteiger partial charge in [-0.25, -0.2) is 0 Å². The normalized spacial score (nSPS) is 0. The van der Waals surface area contributed by atoms with Crippen LogP contribution in [0.5, 0.6) is 0 Å². The average molecular weight is 12600 g/mol. The molecule has 0 aliphatic heterocycles. The fourth-order valence-corrected chi connectivity index (χ4v) is 0. The van der Waals surface area contributed by atoms with Crippen LogP contribution in [0.4, 0.5) is 0 Å². The molecule has 0 fully saturated rings. The Kier molecular flexibility index (Phi) is 12500. The van der Waals surface area contributed by atoms with Gasteiger partial charge in [0.2, 0.25) is 0 Å². The van der Waals surface area contributed by atoms with Crippen molar-refractivity contribution in [2.45, 2.75) is 0 Å². The monoisotopic (exact) mass is 12500 g/mol. The molecule has 0 N–H and O–H groups in total. The number of hydrogen-bond donors (Lipinski definition) is 0. The molecule has 0 bridgehead atoms. The van der Waals surface area contributed by atoms with Gasteiger partial charge in [-0.3, -0.25) is 0 Å². The third kappa shape index (κ3) is 1190. The summed E-state index contributed by atoms with van der Waals surface area (Å²) >= 11 is 0. The Morgan fingerprint density at radius 2 is 0.00847 bits per heavy atom. The predicted octanol–water partition coefficient (Wildman–Crippen LogP) is -0.295. The molecule has 0 aromatic carbocycles. The average Bonchev–Trinajstić information content (AvgIpc) is 0. The minimum absolute atomic E-state index is 0. The minimum Gasteiger partial charge on any atom is 0 e. The topological polar surface area (TPSA) is 0 Å². The summed E-state index contributed by atoms with van der Waals surface area (Å²) in [6.45, 7) is 0. The Morgan fingerprint density at radius 3 is 0.00847 bits per heavy atom. The maximum Gasteiger partial charge on any atom is 0 e. The quantitative estimate of drug-likeness (QED) is 0.293. The van der Waals surface area contributed by atoms with Crippen LogP contribution in [0.25, 0.3) is 0 Å². The fourth-order valence-electron chi connectivity index (χ4n) is 0. The van der Waals surface area contributed by atoms with E-state index >= 15 is 0 Å². The van der Waals surface area contributed by atoms with Gasteiger partial charge in [0.25, 0.3) is 0 Å². The third-order valence-electron chi connectivity index (χ3n) is 0. The number of hydrogen-bond acceptors (Lipinski definition) is 0. The van der Waals surface area contributed by atoms with E-state index in [2.05, 4.69) is 0 Å². The summed E-state index contributed by atoms with van der Waals surface area (Å²) in [7, 11) is 0. The van der Waals surface area contributed by atoms with Gasteiger partial charge < -0.3 is 0 Å². The SMILES string of the molecule is [Pd].[Pd].[Pd].[Pd].[Pd].[Pd].[Pd].[Pd].[Pd].[Pd].[Pd].[Pd].[Pd].[Pd].[Pd].[Pd].[Pd].[Pd].[Pd].[Pd].[Pd].[Pd].[Pd].[Pd].[Pd].[Pd].[Pd].[Pd].[Pd].[Pd].[Pd].[Pd].[Pd].[Pd].[Pd].[Pd].[Pd].[Pd].[Pd].[Pd].[Pd].[Pd].[Pd].[Pd].[Pd].[Pd].[Pd].[Pd].[Pd].[Pd].[Pd].[Pd].[Pd].[Pd].[Pd].[Pd].[Pd].[Pd].[Pd].[Pd].[Pd].[Pd].[Pd].[Pd].[Pd].[Pd].[Pd].[Pd].[Pd].[Pd].[Pd].[Pd].[Pd].[Pd].[Pd].[Pd].[Pd].[Pd].[Pd].[Pd].[Pd].[Pd].[Pd].[Pd].[Pd].[Pd].[Pd].[Pd].[Pd].[Pd].[Pd].[Pd].[Pd].[Pd].[Pd].[Pd].[Pd].[Pd].[Pd].[Pd].[Pd].[Pd].[Pd].[Pd].[Pd].[Pd].[Pd].[Pd].[Pd].[Pd].[Pd].[Pd].[Pd].[Pd].[Pd].[Pd].[Pd].[Pd]. The van der Waals surface area contributed by atoms with Gasteiger partial charge in [-0.1, -0.05) is 0 Å². The van der Waals surface area contributed by atoms with Gasteiger partial charge >= 0.3 is 0 Å². The summed E-state index contributed by atoms with van der Waals surface area (Å²) in [6, 6.07) is 0. The molecule has 0 aliphatic rings. The van der Waals surface area contributed by atoms with Crippen LogP contribution in [0.3, 0.4) is 0 Å². The molecule has 0 unspecified atom stereocenters. The van der Waals surface area contributed by atoms with E-state index in [1.165, 1.54) is 0 Å². The molecular formula is Pd118. The van der Waals surface area contributed by atoms with E-state index in [4.69, 9.17) is 0 Å². The second-order valence-corrected chi connectivity index (χ2v) is 0. The van der Waals surface area contributed by atoms with Crippen LogP contribution in [-0.4, -0.2) is 0 Å². The van der Waals surface area contributed by atoms with Crippen LogP contribution < -0.4 is 0 Å². The van der Waals surface area contributed by atoms with E-state index in [0.29, 0.717) is 0 Å². The third-order valence-corrected chi connectivity index (χ3v) is 0. The molecule has 0 spiro atoms. The van der Waals surface area contributed by atoms with Gasteiger partial charge in [-0.15, -0.1) is 0 Å². The van der Waals surface area contributed by atoms with Gasteiger partial charge in [0, 0.05) is 2410 Å². The van der Waals surface area contributed by atoms with E-state index in [1.807, 2.05) is 0 Å². The van der Waals surface area contributed by atoms with Crippen molar-refractivity contribution in [3.8, 4) is 0 Å². The molecule has 0 atom stereocenters. The first-order valence-corrected chi connectivity index (χ1v) is 0. The molecule has 0 aliphatic carbocycles. The first-order valence-electron chi connectivity index (χ1n) is 0. The van der Waals surface area contributed by atoms with E-state index in [9.17, 15) is 0 Å². The van der Waals surface area contributed by atoms with E-state index in [1.54, 1.807) is 0 Å². The smallest absolute Gasteiger partial charge is 0 e. The zero-order valence-electron chi connectivity index (χ0n) is 37.3. The molecule has 0 radical (unpaired) electrons. The summed E-state index contributed by atoms with van der Waals surface area (Å²) in [5.74, 6) is 0. The fraction of sp³-hybridized carbons (Fsp3) is 0. The maximum absolute atomic E-state index is 0. The van der Waals surface area contributed by atoms with Crippen LogP contribution in [0.15, 0.2) is 0 Å². The Labute approximate surface area is 2340 Å². The Morgan fingerprint density at radius 1 is 0.00847 bits per heavy atom. The zero-order chi connectivity index (χ0) is 0. The molecule has 0 aromatic rings. The van der Waals surface area contributed by atoms with Crippen LogP contribution in [0.1, 0.15) is 0 Å². The van der Waals surface area contributed by atoms with E-state index < -0.39 is 0 Å². The molecule has 0 amide bonds. The van der Waals surface area contributed by atoms with Crippen LogP contribution >= 0.6 is 0 Å². The van der Waals surface area contributed by atoms with Crippen molar-refractivity contribution in [1.82, 2.24) is 0 Å². The Bertz CT molecular complexity index is 0. The largest absolute Gasteiger partial charge is 0 e. The number of rotatable bonds is 0. The molecule has 0 heterocycles. The van der Waals surface area contributed by atoms with Gasteiger partial charge in [0.05, 0.1) is 0 Å². The molecule has 0 saturated heterocycles. The molecule has 0 saturated carbocycles. The van der Waals surface area contributed by atoms with Crippen molar-refractivity contribution in [2.75, 3.05) is 0 Å². The van der Waals surface area contributed by atoms with Crippen molar-refractivity contribution >= 4 is 0 Å². The molecule has 0 aromatic heterocycles. The molecule has 0 nitrogen and oxygen atoms in total. The zero-order valence-corrected chi connectivity index (χ0v) is 221. The van der Waals surface area contributed by atoms with Crippen LogP contribution in [0, 0.1) is 0 Å². The second-order valence-electron chi connectivity index (χ2n) is 0. The van der Waals surface area contributed by atoms with Gasteiger partial charge in [0.1, 0.15) is 0 Å². The van der Waals surface area contributed by atoms with Gasteiger partial charge in [-0.2, -0.15) is 0 Å². The second kappa shape index (κ2) is 1200. The first-order chi connectivity index (χ1) is 0. The van der Waals surface area contributed by atoms with E-state index in [0.717, 1.165) is 0 Å². The minimum atomic E-state index is 0. The standard InChI is InChI=1S/118Pd. The van der Waals surface area contributed by atoms with Crippen LogP contribution in [0.2, 0.25) is 0 Å². The van der Waals surface area contributed by atoms with Gasteiger partial charge in [0.15, 0.2) is 0 Å². The van der Waals surface area contributed by atoms with E-state index in [-0.39, 0.29) is 2410 Å². The maximum atomic E-state index is 0. The summed E-state index contributed by atoms with van der Waals surface area (Å²) in [6.07, 6.45) is 0.